The molecule has 0 unspecified atom stereocenters. The molecule has 0 aromatic carbocycles. The van der Waals surface area contributed by atoms with Crippen molar-refractivity contribution in [2.24, 2.45) is 11.3 Å². The van der Waals surface area contributed by atoms with Crippen molar-refractivity contribution in [3.63, 3.8) is 0 Å². The van der Waals surface area contributed by atoms with Gasteiger partial charge in [-0.1, -0.05) is 19.8 Å². The molecule has 0 aliphatic heterocycles. The number of ether oxygens (including phenoxy) is 2. The van der Waals surface area contributed by atoms with Gasteiger partial charge >= 0.3 is 11.9 Å². The van der Waals surface area contributed by atoms with Crippen LogP contribution in [0.15, 0.2) is 0 Å². The molecular weight excluding hydrogens is 208 g/mol. The number of carbonyl (C=O) groups excluding carboxylic acids is 2. The van der Waals surface area contributed by atoms with Gasteiger partial charge in [0.05, 0.1) is 25.0 Å². The third-order valence-corrected chi connectivity index (χ3v) is 3.22. The predicted molar refractivity (Wildman–Crippen MR) is 58.7 cm³/mol. The van der Waals surface area contributed by atoms with Gasteiger partial charge in [0.15, 0.2) is 0 Å². The molecule has 0 aromatic heterocycles. The fourth-order valence-electron chi connectivity index (χ4n) is 2.13. The second-order valence-corrected chi connectivity index (χ2v) is 4.26. The molecule has 0 bridgehead atoms. The van der Waals surface area contributed by atoms with E-state index in [1.54, 1.807) is 6.92 Å². The SMILES string of the molecule is CCCC[C@@]1(C(=O)OCC)C[C@H]1C(=O)OC. The molecule has 1 aliphatic carbocycles. The zero-order chi connectivity index (χ0) is 12.2. The van der Waals surface area contributed by atoms with Crippen LogP contribution in [-0.4, -0.2) is 25.7 Å². The van der Waals surface area contributed by atoms with Gasteiger partial charge in [0.1, 0.15) is 0 Å². The highest BCUT2D eigenvalue weighted by molar-refractivity contribution is 5.91. The lowest BCUT2D eigenvalue weighted by molar-refractivity contribution is -0.155. The number of rotatable bonds is 6. The van der Waals surface area contributed by atoms with Gasteiger partial charge in [-0.05, 0) is 19.8 Å². The molecule has 2 atom stereocenters. The maximum atomic E-state index is 11.8. The predicted octanol–water partition coefficient (Wildman–Crippen LogP) is 1.92. The second kappa shape index (κ2) is 5.32. The number of carbonyl (C=O) groups is 2. The fraction of sp³-hybridized carbons (Fsp3) is 0.833. The van der Waals surface area contributed by atoms with E-state index in [1.165, 1.54) is 7.11 Å². The molecule has 0 N–H and O–H groups in total. The normalized spacial score (nSPS) is 27.3. The van der Waals surface area contributed by atoms with Gasteiger partial charge in [-0.25, -0.2) is 0 Å². The quantitative estimate of drug-likeness (QED) is 0.652. The minimum atomic E-state index is -0.584. The number of hydrogen-bond acceptors (Lipinski definition) is 4. The van der Waals surface area contributed by atoms with E-state index in [0.29, 0.717) is 13.0 Å². The van der Waals surface area contributed by atoms with E-state index in [2.05, 4.69) is 6.92 Å². The van der Waals surface area contributed by atoms with E-state index in [1.807, 2.05) is 0 Å². The van der Waals surface area contributed by atoms with Gasteiger partial charge in [-0.15, -0.1) is 0 Å². The summed E-state index contributed by atoms with van der Waals surface area (Å²) in [6.07, 6.45) is 3.25. The summed E-state index contributed by atoms with van der Waals surface area (Å²) in [6, 6.07) is 0. The largest absolute Gasteiger partial charge is 0.469 e. The van der Waals surface area contributed by atoms with Crippen LogP contribution in [0.2, 0.25) is 0 Å². The highest BCUT2D eigenvalue weighted by atomic mass is 16.5. The average molecular weight is 228 g/mol. The molecule has 0 heterocycles. The van der Waals surface area contributed by atoms with Crippen molar-refractivity contribution in [2.75, 3.05) is 13.7 Å². The van der Waals surface area contributed by atoms with Gasteiger partial charge < -0.3 is 9.47 Å². The van der Waals surface area contributed by atoms with Gasteiger partial charge in [0, 0.05) is 0 Å². The summed E-state index contributed by atoms with van der Waals surface area (Å²) in [6.45, 7) is 4.20. The average Bonchev–Trinajstić information content (AvgIpc) is 3.02. The first kappa shape index (κ1) is 13.0. The standard InChI is InChI=1S/C12H20O4/c1-4-6-7-12(11(14)16-5-2)8-9(12)10(13)15-3/h9H,4-8H2,1-3H3/t9-,12+/m0/s1. The molecule has 1 rings (SSSR count). The zero-order valence-electron chi connectivity index (χ0n) is 10.2. The van der Waals surface area contributed by atoms with E-state index < -0.39 is 5.41 Å². The molecule has 0 aromatic rings. The number of hydrogen-bond donors (Lipinski definition) is 0. The molecule has 4 heteroatoms. The van der Waals surface area contributed by atoms with Crippen LogP contribution in [0.25, 0.3) is 0 Å². The van der Waals surface area contributed by atoms with Crippen LogP contribution < -0.4 is 0 Å². The third-order valence-electron chi connectivity index (χ3n) is 3.22. The molecule has 1 saturated carbocycles. The Balaban J connectivity index is 2.66. The van der Waals surface area contributed by atoms with E-state index in [9.17, 15) is 9.59 Å². The highest BCUT2D eigenvalue weighted by Crippen LogP contribution is 2.57. The van der Waals surface area contributed by atoms with Crippen LogP contribution in [-0.2, 0) is 19.1 Å². The maximum Gasteiger partial charge on any atom is 0.312 e. The van der Waals surface area contributed by atoms with Gasteiger partial charge in [0.2, 0.25) is 0 Å². The molecule has 4 nitrogen and oxygen atoms in total. The second-order valence-electron chi connectivity index (χ2n) is 4.26. The smallest absolute Gasteiger partial charge is 0.312 e. The molecule has 0 amide bonds. The number of methoxy groups -OCH3 is 1. The van der Waals surface area contributed by atoms with Gasteiger partial charge in [-0.3, -0.25) is 9.59 Å². The van der Waals surface area contributed by atoms with Crippen LogP contribution in [0, 0.1) is 11.3 Å². The van der Waals surface area contributed by atoms with Crippen LogP contribution >= 0.6 is 0 Å². The first-order valence-electron chi connectivity index (χ1n) is 5.87. The Bertz CT molecular complexity index is 274. The zero-order valence-corrected chi connectivity index (χ0v) is 10.2. The molecule has 1 aliphatic rings. The maximum absolute atomic E-state index is 11.8. The van der Waals surface area contributed by atoms with Crippen molar-refractivity contribution in [1.82, 2.24) is 0 Å². The Kier molecular flexibility index (Phi) is 4.33. The van der Waals surface area contributed by atoms with Gasteiger partial charge in [0.25, 0.3) is 0 Å². The monoisotopic (exact) mass is 228 g/mol. The van der Waals surface area contributed by atoms with E-state index in [-0.39, 0.29) is 17.9 Å². The van der Waals surface area contributed by atoms with Crippen molar-refractivity contribution in [3.8, 4) is 0 Å². The summed E-state index contributed by atoms with van der Waals surface area (Å²) in [5.41, 5.74) is -0.584. The first-order chi connectivity index (χ1) is 7.62. The molecule has 0 saturated heterocycles. The molecule has 1 fully saturated rings. The lowest BCUT2D eigenvalue weighted by Gasteiger charge is -2.14. The molecule has 16 heavy (non-hydrogen) atoms. The van der Waals surface area contributed by atoms with Crippen LogP contribution in [0.3, 0.4) is 0 Å². The lowest BCUT2D eigenvalue weighted by Crippen LogP contribution is -2.24. The van der Waals surface area contributed by atoms with Crippen molar-refractivity contribution >= 4 is 11.9 Å². The van der Waals surface area contributed by atoms with E-state index in [4.69, 9.17) is 9.47 Å². The van der Waals surface area contributed by atoms with Crippen molar-refractivity contribution < 1.29 is 19.1 Å². The van der Waals surface area contributed by atoms with Gasteiger partial charge in [-0.2, -0.15) is 0 Å². The van der Waals surface area contributed by atoms with Crippen molar-refractivity contribution in [3.05, 3.63) is 0 Å². The Hall–Kier alpha value is -1.06. The molecular formula is C12H20O4. The Morgan fingerprint density at radius 3 is 2.56 bits per heavy atom. The van der Waals surface area contributed by atoms with E-state index >= 15 is 0 Å². The summed E-state index contributed by atoms with van der Waals surface area (Å²) in [5.74, 6) is -0.814. The minimum Gasteiger partial charge on any atom is -0.469 e. The topological polar surface area (TPSA) is 52.6 Å². The number of unbranched alkanes of at least 4 members (excludes halogenated alkanes) is 1. The molecule has 0 radical (unpaired) electrons. The summed E-state index contributed by atoms with van der Waals surface area (Å²) in [4.78, 5) is 23.3. The summed E-state index contributed by atoms with van der Waals surface area (Å²) in [7, 11) is 1.36. The van der Waals surface area contributed by atoms with Crippen molar-refractivity contribution in [2.45, 2.75) is 39.5 Å². The van der Waals surface area contributed by atoms with Crippen LogP contribution in [0.1, 0.15) is 39.5 Å². The van der Waals surface area contributed by atoms with E-state index in [0.717, 1.165) is 19.3 Å². The Morgan fingerprint density at radius 2 is 2.06 bits per heavy atom. The number of esters is 2. The minimum absolute atomic E-state index is 0.237. The van der Waals surface area contributed by atoms with Crippen LogP contribution in [0.5, 0.6) is 0 Å². The first-order valence-corrected chi connectivity index (χ1v) is 5.87. The Morgan fingerprint density at radius 1 is 1.38 bits per heavy atom. The molecule has 92 valence electrons. The summed E-state index contributed by atoms with van der Waals surface area (Å²) < 4.78 is 9.74. The fourth-order valence-corrected chi connectivity index (χ4v) is 2.13. The summed E-state index contributed by atoms with van der Waals surface area (Å²) in [5, 5.41) is 0. The van der Waals surface area contributed by atoms with Crippen LogP contribution in [0.4, 0.5) is 0 Å². The molecule has 0 spiro atoms. The lowest BCUT2D eigenvalue weighted by atomic mass is 9.96. The highest BCUT2D eigenvalue weighted by Gasteiger charge is 2.64. The summed E-state index contributed by atoms with van der Waals surface area (Å²) >= 11 is 0. The van der Waals surface area contributed by atoms with Crippen molar-refractivity contribution in [1.29, 1.82) is 0 Å². The Labute approximate surface area is 96.3 Å². The third kappa shape index (κ3) is 2.36.